The molecule has 0 fully saturated rings. The first-order valence-corrected chi connectivity index (χ1v) is 8.34. The first-order valence-electron chi connectivity index (χ1n) is 6.76. The van der Waals surface area contributed by atoms with Crippen LogP contribution in [0.5, 0.6) is 0 Å². The Kier molecular flexibility index (Phi) is 4.16. The summed E-state index contributed by atoms with van der Waals surface area (Å²) in [5, 5.41) is 2.49. The topological polar surface area (TPSA) is 26.0 Å². The zero-order chi connectivity index (χ0) is 15.0. The van der Waals surface area contributed by atoms with Crippen LogP contribution in [0.4, 0.5) is 0 Å². The summed E-state index contributed by atoms with van der Waals surface area (Å²) in [6.45, 7) is 2.13. The van der Waals surface area contributed by atoms with Crippen LogP contribution in [0.2, 0.25) is 0 Å². The van der Waals surface area contributed by atoms with E-state index in [-0.39, 0.29) is 6.04 Å². The van der Waals surface area contributed by atoms with E-state index in [2.05, 4.69) is 87.3 Å². The van der Waals surface area contributed by atoms with Crippen molar-refractivity contribution in [2.24, 2.45) is 5.73 Å². The van der Waals surface area contributed by atoms with Crippen molar-refractivity contribution < 1.29 is 0 Å². The first kappa shape index (κ1) is 14.8. The van der Waals surface area contributed by atoms with E-state index >= 15 is 0 Å². The van der Waals surface area contributed by atoms with Crippen LogP contribution in [-0.2, 0) is 0 Å². The van der Waals surface area contributed by atoms with Crippen LogP contribution < -0.4 is 5.73 Å². The molecule has 3 heteroatoms. The lowest BCUT2D eigenvalue weighted by atomic mass is 9.92. The van der Waals surface area contributed by atoms with Crippen molar-refractivity contribution in [1.29, 1.82) is 0 Å². The highest BCUT2D eigenvalue weighted by molar-refractivity contribution is 9.11. The monoisotopic (exact) mass is 403 g/mol. The van der Waals surface area contributed by atoms with E-state index < -0.39 is 0 Å². The van der Waals surface area contributed by atoms with Gasteiger partial charge in [0.15, 0.2) is 0 Å². The number of rotatable bonds is 2. The Labute approximate surface area is 141 Å². The highest BCUT2D eigenvalue weighted by Crippen LogP contribution is 2.31. The number of fused-ring (bicyclic) bond motifs is 1. The van der Waals surface area contributed by atoms with Crippen LogP contribution in [0.3, 0.4) is 0 Å². The molecule has 2 N–H and O–H groups in total. The third kappa shape index (κ3) is 2.91. The number of benzene rings is 3. The van der Waals surface area contributed by atoms with Gasteiger partial charge in [-0.05, 0) is 52.6 Å². The van der Waals surface area contributed by atoms with E-state index in [1.54, 1.807) is 0 Å². The van der Waals surface area contributed by atoms with Crippen LogP contribution in [0.1, 0.15) is 22.7 Å². The van der Waals surface area contributed by atoms with Crippen molar-refractivity contribution in [3.8, 4) is 0 Å². The Bertz CT molecular complexity index is 791. The van der Waals surface area contributed by atoms with Crippen molar-refractivity contribution in [1.82, 2.24) is 0 Å². The number of nitrogens with two attached hydrogens (primary N) is 1. The molecule has 0 spiro atoms. The van der Waals surface area contributed by atoms with Gasteiger partial charge in [0.2, 0.25) is 0 Å². The van der Waals surface area contributed by atoms with E-state index in [1.165, 1.54) is 16.3 Å². The summed E-state index contributed by atoms with van der Waals surface area (Å²) >= 11 is 7.06. The average Bonchev–Trinajstić information content (AvgIpc) is 2.46. The summed E-state index contributed by atoms with van der Waals surface area (Å²) in [6, 6.07) is 18.7. The van der Waals surface area contributed by atoms with Crippen LogP contribution in [-0.4, -0.2) is 0 Å². The molecule has 0 radical (unpaired) electrons. The smallest absolute Gasteiger partial charge is 0.0558 e. The molecular weight excluding hydrogens is 390 g/mol. The van der Waals surface area contributed by atoms with Crippen molar-refractivity contribution in [3.63, 3.8) is 0 Å². The lowest BCUT2D eigenvalue weighted by Gasteiger charge is -2.17. The molecule has 0 aliphatic heterocycles. The summed E-state index contributed by atoms with van der Waals surface area (Å²) in [6.07, 6.45) is 0. The molecular formula is C18H15Br2N. The summed E-state index contributed by atoms with van der Waals surface area (Å²) in [5.74, 6) is 0. The normalized spacial score (nSPS) is 12.6. The number of hydrogen-bond donors (Lipinski definition) is 1. The minimum Gasteiger partial charge on any atom is -0.320 e. The Hall–Kier alpha value is -1.16. The van der Waals surface area contributed by atoms with Crippen molar-refractivity contribution >= 4 is 42.6 Å². The molecule has 0 amide bonds. The minimum atomic E-state index is -0.149. The van der Waals surface area contributed by atoms with Crippen LogP contribution in [0.25, 0.3) is 10.8 Å². The molecule has 0 heterocycles. The standard InChI is InChI=1S/C18H15Br2N/c1-11-6-7-17(16-5-3-2-4-15(11)16)18(21)12-8-13(19)10-14(20)9-12/h2-10,18H,21H2,1H3. The molecule has 1 nitrogen and oxygen atoms in total. The van der Waals surface area contributed by atoms with Gasteiger partial charge in [-0.2, -0.15) is 0 Å². The third-order valence-corrected chi connectivity index (χ3v) is 4.67. The Morgan fingerprint density at radius 1 is 0.857 bits per heavy atom. The zero-order valence-electron chi connectivity index (χ0n) is 11.6. The molecule has 0 saturated heterocycles. The summed E-state index contributed by atoms with van der Waals surface area (Å²) in [4.78, 5) is 0. The van der Waals surface area contributed by atoms with E-state index in [0.717, 1.165) is 20.1 Å². The molecule has 1 unspecified atom stereocenters. The van der Waals surface area contributed by atoms with E-state index in [0.29, 0.717) is 0 Å². The van der Waals surface area contributed by atoms with Gasteiger partial charge in [-0.3, -0.25) is 0 Å². The van der Waals surface area contributed by atoms with E-state index in [1.807, 2.05) is 6.07 Å². The third-order valence-electron chi connectivity index (χ3n) is 3.75. The van der Waals surface area contributed by atoms with Gasteiger partial charge in [-0.25, -0.2) is 0 Å². The molecule has 21 heavy (non-hydrogen) atoms. The fraction of sp³-hybridized carbons (Fsp3) is 0.111. The second-order valence-electron chi connectivity index (χ2n) is 5.20. The molecule has 106 valence electrons. The quantitative estimate of drug-likeness (QED) is 0.580. The number of hydrogen-bond acceptors (Lipinski definition) is 1. The highest BCUT2D eigenvalue weighted by Gasteiger charge is 2.14. The Morgan fingerprint density at radius 3 is 2.14 bits per heavy atom. The number of halogens is 2. The fourth-order valence-corrected chi connectivity index (χ4v) is 4.01. The fourth-order valence-electron chi connectivity index (χ4n) is 2.68. The predicted octanol–water partition coefficient (Wildman–Crippen LogP) is 5.72. The molecule has 0 aliphatic rings. The van der Waals surface area contributed by atoms with Gasteiger partial charge in [0.1, 0.15) is 0 Å². The second kappa shape index (κ2) is 5.91. The summed E-state index contributed by atoms with van der Waals surface area (Å²) in [5.41, 5.74) is 10.0. The van der Waals surface area contributed by atoms with Gasteiger partial charge in [-0.1, -0.05) is 68.3 Å². The lowest BCUT2D eigenvalue weighted by molar-refractivity contribution is 0.878. The largest absolute Gasteiger partial charge is 0.320 e. The lowest BCUT2D eigenvalue weighted by Crippen LogP contribution is -2.12. The molecule has 3 aromatic carbocycles. The van der Waals surface area contributed by atoms with Gasteiger partial charge in [0, 0.05) is 8.95 Å². The van der Waals surface area contributed by atoms with E-state index in [9.17, 15) is 0 Å². The van der Waals surface area contributed by atoms with Gasteiger partial charge < -0.3 is 5.73 Å². The maximum absolute atomic E-state index is 6.53. The minimum absolute atomic E-state index is 0.149. The molecule has 3 aromatic rings. The Morgan fingerprint density at radius 2 is 1.48 bits per heavy atom. The maximum Gasteiger partial charge on any atom is 0.0558 e. The van der Waals surface area contributed by atoms with E-state index in [4.69, 9.17) is 5.73 Å². The molecule has 1 atom stereocenters. The van der Waals surface area contributed by atoms with Gasteiger partial charge in [0.05, 0.1) is 6.04 Å². The van der Waals surface area contributed by atoms with Gasteiger partial charge >= 0.3 is 0 Å². The molecule has 0 bridgehead atoms. The predicted molar refractivity (Wildman–Crippen MR) is 96.6 cm³/mol. The first-order chi connectivity index (χ1) is 10.1. The summed E-state index contributed by atoms with van der Waals surface area (Å²) in [7, 11) is 0. The molecule has 3 rings (SSSR count). The van der Waals surface area contributed by atoms with Crippen molar-refractivity contribution in [2.45, 2.75) is 13.0 Å². The number of aryl methyl sites for hydroxylation is 1. The van der Waals surface area contributed by atoms with Gasteiger partial charge in [0.25, 0.3) is 0 Å². The average molecular weight is 405 g/mol. The molecule has 0 aromatic heterocycles. The Balaban J connectivity index is 2.18. The van der Waals surface area contributed by atoms with Crippen molar-refractivity contribution in [3.05, 3.63) is 80.2 Å². The summed E-state index contributed by atoms with van der Waals surface area (Å²) < 4.78 is 2.05. The van der Waals surface area contributed by atoms with Crippen LogP contribution in [0, 0.1) is 6.92 Å². The highest BCUT2D eigenvalue weighted by atomic mass is 79.9. The van der Waals surface area contributed by atoms with Crippen LogP contribution >= 0.6 is 31.9 Å². The maximum atomic E-state index is 6.53. The molecule has 0 saturated carbocycles. The van der Waals surface area contributed by atoms with Gasteiger partial charge in [-0.15, -0.1) is 0 Å². The zero-order valence-corrected chi connectivity index (χ0v) is 14.8. The SMILES string of the molecule is Cc1ccc(C(N)c2cc(Br)cc(Br)c2)c2ccccc12. The van der Waals surface area contributed by atoms with Crippen molar-refractivity contribution in [2.75, 3.05) is 0 Å². The second-order valence-corrected chi connectivity index (χ2v) is 7.03. The van der Waals surface area contributed by atoms with Crippen LogP contribution in [0.15, 0.2) is 63.5 Å². The molecule has 0 aliphatic carbocycles.